The van der Waals surface area contributed by atoms with E-state index in [1.807, 2.05) is 6.92 Å². The second kappa shape index (κ2) is 3.68. The number of aromatic nitrogens is 3. The highest BCUT2D eigenvalue weighted by Gasteiger charge is 2.18. The summed E-state index contributed by atoms with van der Waals surface area (Å²) in [6.45, 7) is 4.28. The molecule has 15 heavy (non-hydrogen) atoms. The molecular formula is C10H11N3O2. The van der Waals surface area contributed by atoms with E-state index in [0.717, 1.165) is 0 Å². The van der Waals surface area contributed by atoms with Gasteiger partial charge in [-0.3, -0.25) is 4.79 Å². The number of carbonyl (C=O) groups is 1. The van der Waals surface area contributed by atoms with Crippen LogP contribution in [0.5, 0.6) is 0 Å². The Morgan fingerprint density at radius 3 is 3.00 bits per heavy atom. The number of hydrogen-bond acceptors (Lipinski definition) is 4. The minimum Gasteiger partial charge on any atom is -0.469 e. The second-order valence-electron chi connectivity index (χ2n) is 3.12. The zero-order valence-electron chi connectivity index (χ0n) is 8.60. The van der Waals surface area contributed by atoms with Crippen LogP contribution >= 0.6 is 0 Å². The van der Waals surface area contributed by atoms with Crippen molar-refractivity contribution in [2.45, 2.75) is 20.4 Å². The third-order valence-corrected chi connectivity index (χ3v) is 2.22. The summed E-state index contributed by atoms with van der Waals surface area (Å²) in [6.07, 6.45) is 2.88. The molecule has 2 heterocycles. The molecule has 0 N–H and O–H groups in total. The van der Waals surface area contributed by atoms with Crippen molar-refractivity contribution >= 4 is 5.78 Å². The van der Waals surface area contributed by atoms with Gasteiger partial charge in [-0.2, -0.15) is 5.10 Å². The third kappa shape index (κ3) is 1.56. The Hall–Kier alpha value is -1.91. The van der Waals surface area contributed by atoms with Crippen molar-refractivity contribution < 1.29 is 9.21 Å². The van der Waals surface area contributed by atoms with Crippen LogP contribution in [-0.2, 0) is 6.54 Å². The van der Waals surface area contributed by atoms with Crippen molar-refractivity contribution in [3.8, 4) is 0 Å². The van der Waals surface area contributed by atoms with Crippen molar-refractivity contribution in [1.82, 2.24) is 14.8 Å². The summed E-state index contributed by atoms with van der Waals surface area (Å²) in [6, 6.07) is 1.65. The molecule has 0 atom stereocenters. The van der Waals surface area contributed by atoms with Gasteiger partial charge in [0, 0.05) is 6.54 Å². The summed E-state index contributed by atoms with van der Waals surface area (Å²) in [5.74, 6) is 0.799. The van der Waals surface area contributed by atoms with Crippen molar-refractivity contribution in [1.29, 1.82) is 0 Å². The summed E-state index contributed by atoms with van der Waals surface area (Å²) >= 11 is 0. The molecule has 2 rings (SSSR count). The van der Waals surface area contributed by atoms with Crippen molar-refractivity contribution in [2.24, 2.45) is 0 Å². The lowest BCUT2D eigenvalue weighted by atomic mass is 10.1. The first-order valence-corrected chi connectivity index (χ1v) is 4.70. The molecule has 0 fully saturated rings. The summed E-state index contributed by atoms with van der Waals surface area (Å²) in [4.78, 5) is 15.9. The molecule has 0 bridgehead atoms. The number of rotatable bonds is 3. The highest BCUT2D eigenvalue weighted by molar-refractivity contribution is 6.07. The van der Waals surface area contributed by atoms with Crippen LogP contribution in [0.3, 0.4) is 0 Å². The maximum absolute atomic E-state index is 12.0. The zero-order chi connectivity index (χ0) is 10.8. The van der Waals surface area contributed by atoms with E-state index in [4.69, 9.17) is 4.42 Å². The van der Waals surface area contributed by atoms with Gasteiger partial charge < -0.3 is 4.42 Å². The van der Waals surface area contributed by atoms with Crippen LogP contribution in [0.2, 0.25) is 0 Å². The Labute approximate surface area is 86.7 Å². The molecule has 0 aliphatic heterocycles. The van der Waals surface area contributed by atoms with Gasteiger partial charge >= 0.3 is 0 Å². The molecule has 2 aromatic rings. The van der Waals surface area contributed by atoms with Crippen LogP contribution in [-0.4, -0.2) is 20.5 Å². The van der Waals surface area contributed by atoms with E-state index < -0.39 is 0 Å². The van der Waals surface area contributed by atoms with Crippen LogP contribution < -0.4 is 0 Å². The van der Waals surface area contributed by atoms with Gasteiger partial charge in [-0.05, 0) is 19.9 Å². The minimum atomic E-state index is -0.152. The number of aryl methyl sites for hydroxylation is 2. The fourth-order valence-electron chi connectivity index (χ4n) is 1.41. The SMILES string of the molecule is CCn1ncnc1C(=O)c1ccoc1C. The normalized spacial score (nSPS) is 10.5. The first-order valence-electron chi connectivity index (χ1n) is 4.70. The van der Waals surface area contributed by atoms with E-state index in [2.05, 4.69) is 10.1 Å². The van der Waals surface area contributed by atoms with Gasteiger partial charge in [0.25, 0.3) is 0 Å². The number of nitrogens with zero attached hydrogens (tertiary/aromatic N) is 3. The molecule has 0 amide bonds. The lowest BCUT2D eigenvalue weighted by Crippen LogP contribution is -2.12. The summed E-state index contributed by atoms with van der Waals surface area (Å²) in [7, 11) is 0. The lowest BCUT2D eigenvalue weighted by molar-refractivity contribution is 0.102. The van der Waals surface area contributed by atoms with Crippen LogP contribution in [0.15, 0.2) is 23.1 Å². The molecule has 0 aliphatic carbocycles. The first-order chi connectivity index (χ1) is 7.24. The maximum atomic E-state index is 12.0. The molecule has 0 saturated carbocycles. The van der Waals surface area contributed by atoms with E-state index in [1.165, 1.54) is 12.6 Å². The van der Waals surface area contributed by atoms with Crippen molar-refractivity contribution in [2.75, 3.05) is 0 Å². The molecule has 0 radical (unpaired) electrons. The van der Waals surface area contributed by atoms with Crippen LogP contribution in [0, 0.1) is 6.92 Å². The fourth-order valence-corrected chi connectivity index (χ4v) is 1.41. The predicted octanol–water partition coefficient (Wildman–Crippen LogP) is 1.43. The van der Waals surface area contributed by atoms with Gasteiger partial charge in [0.15, 0.2) is 5.82 Å². The third-order valence-electron chi connectivity index (χ3n) is 2.22. The Morgan fingerprint density at radius 1 is 1.60 bits per heavy atom. The minimum absolute atomic E-state index is 0.152. The first kappa shape index (κ1) is 9.64. The molecule has 0 saturated heterocycles. The average molecular weight is 205 g/mol. The molecule has 5 nitrogen and oxygen atoms in total. The Balaban J connectivity index is 2.41. The zero-order valence-corrected chi connectivity index (χ0v) is 8.60. The molecular weight excluding hydrogens is 194 g/mol. The Morgan fingerprint density at radius 2 is 2.40 bits per heavy atom. The van der Waals surface area contributed by atoms with Gasteiger partial charge in [0.2, 0.25) is 5.78 Å². The monoisotopic (exact) mass is 205 g/mol. The molecule has 78 valence electrons. The summed E-state index contributed by atoms with van der Waals surface area (Å²) in [5, 5.41) is 3.95. The van der Waals surface area contributed by atoms with Crippen LogP contribution in [0.1, 0.15) is 28.9 Å². The molecule has 0 aromatic carbocycles. The molecule has 2 aromatic heterocycles. The molecule has 5 heteroatoms. The van der Waals surface area contributed by atoms with Gasteiger partial charge in [0.05, 0.1) is 11.8 Å². The standard InChI is InChI=1S/C10H11N3O2/c1-3-13-10(11-6-12-13)9(14)8-4-5-15-7(8)2/h4-6H,3H2,1-2H3. The highest BCUT2D eigenvalue weighted by atomic mass is 16.3. The Kier molecular flexibility index (Phi) is 2.37. The quantitative estimate of drug-likeness (QED) is 0.711. The average Bonchev–Trinajstić information content (AvgIpc) is 2.84. The van der Waals surface area contributed by atoms with Gasteiger partial charge in [-0.25, -0.2) is 9.67 Å². The summed E-state index contributed by atoms with van der Waals surface area (Å²) < 4.78 is 6.64. The molecule has 0 aliphatic rings. The number of hydrogen-bond donors (Lipinski definition) is 0. The van der Waals surface area contributed by atoms with E-state index in [0.29, 0.717) is 23.7 Å². The topological polar surface area (TPSA) is 60.9 Å². The fraction of sp³-hybridized carbons (Fsp3) is 0.300. The number of carbonyl (C=O) groups excluding carboxylic acids is 1. The Bertz CT molecular complexity index is 484. The second-order valence-corrected chi connectivity index (χ2v) is 3.12. The molecule has 0 spiro atoms. The van der Waals surface area contributed by atoms with E-state index >= 15 is 0 Å². The van der Waals surface area contributed by atoms with E-state index in [9.17, 15) is 4.79 Å². The largest absolute Gasteiger partial charge is 0.469 e. The maximum Gasteiger partial charge on any atom is 0.233 e. The highest BCUT2D eigenvalue weighted by Crippen LogP contribution is 2.13. The van der Waals surface area contributed by atoms with Crippen molar-refractivity contribution in [3.05, 3.63) is 35.8 Å². The smallest absolute Gasteiger partial charge is 0.233 e. The van der Waals surface area contributed by atoms with Crippen LogP contribution in [0.4, 0.5) is 0 Å². The van der Waals surface area contributed by atoms with E-state index in [-0.39, 0.29) is 5.78 Å². The summed E-state index contributed by atoms with van der Waals surface area (Å²) in [5.41, 5.74) is 0.540. The molecule has 0 unspecified atom stereocenters. The van der Waals surface area contributed by atoms with Crippen LogP contribution in [0.25, 0.3) is 0 Å². The van der Waals surface area contributed by atoms with Gasteiger partial charge in [-0.15, -0.1) is 0 Å². The van der Waals surface area contributed by atoms with Gasteiger partial charge in [0.1, 0.15) is 12.1 Å². The number of furan rings is 1. The number of ketones is 1. The van der Waals surface area contributed by atoms with Crippen molar-refractivity contribution in [3.63, 3.8) is 0 Å². The van der Waals surface area contributed by atoms with E-state index in [1.54, 1.807) is 17.7 Å². The van der Waals surface area contributed by atoms with Gasteiger partial charge in [-0.1, -0.05) is 0 Å². The predicted molar refractivity (Wildman–Crippen MR) is 52.6 cm³/mol. The lowest BCUT2D eigenvalue weighted by Gasteiger charge is -2.00.